The lowest BCUT2D eigenvalue weighted by Crippen LogP contribution is -2.23. The molecule has 1 N–H and O–H groups in total. The van der Waals surface area contributed by atoms with Gasteiger partial charge in [-0.05, 0) is 47.0 Å². The zero-order chi connectivity index (χ0) is 18.6. The Bertz CT molecular complexity index is 934. The summed E-state index contributed by atoms with van der Waals surface area (Å²) in [5.74, 6) is 0.842. The third-order valence-electron chi connectivity index (χ3n) is 4.73. The highest BCUT2D eigenvalue weighted by molar-refractivity contribution is 5.78. The maximum atomic E-state index is 11.8. The van der Waals surface area contributed by atoms with Crippen LogP contribution in [0.25, 0.3) is 5.69 Å². The zero-order valence-electron chi connectivity index (χ0n) is 15.3. The van der Waals surface area contributed by atoms with Crippen LogP contribution in [-0.4, -0.2) is 37.6 Å². The maximum absolute atomic E-state index is 11.8. The van der Waals surface area contributed by atoms with Crippen molar-refractivity contribution in [1.82, 2.24) is 25.1 Å². The quantitative estimate of drug-likeness (QED) is 0.730. The lowest BCUT2D eigenvalue weighted by molar-refractivity contribution is -0.128. The molecule has 4 rings (SSSR count). The number of tetrazole rings is 1. The van der Waals surface area contributed by atoms with E-state index in [2.05, 4.69) is 39.0 Å². The van der Waals surface area contributed by atoms with Crippen molar-refractivity contribution in [2.24, 2.45) is 0 Å². The normalized spacial score (nSPS) is 14.0. The lowest BCUT2D eigenvalue weighted by atomic mass is 10.1. The molecule has 1 aromatic heterocycles. The molecule has 2 aromatic carbocycles. The molecule has 0 spiro atoms. The third kappa shape index (κ3) is 3.97. The molecule has 7 nitrogen and oxygen atoms in total. The molecule has 7 heteroatoms. The van der Waals surface area contributed by atoms with E-state index in [4.69, 9.17) is 0 Å². The molecule has 2 heterocycles. The highest BCUT2D eigenvalue weighted by Crippen LogP contribution is 2.17. The van der Waals surface area contributed by atoms with Gasteiger partial charge >= 0.3 is 0 Å². The zero-order valence-corrected chi connectivity index (χ0v) is 15.3. The first-order valence-corrected chi connectivity index (χ1v) is 9.14. The molecule has 0 radical (unpaired) electrons. The van der Waals surface area contributed by atoms with Crippen molar-refractivity contribution in [2.75, 3.05) is 11.9 Å². The number of aryl methyl sites for hydroxylation is 1. The summed E-state index contributed by atoms with van der Waals surface area (Å²) in [6.07, 6.45) is 1.63. The highest BCUT2D eigenvalue weighted by atomic mass is 16.2. The molecule has 1 saturated heterocycles. The molecular weight excluding hydrogens is 340 g/mol. The average Bonchev–Trinajstić information content (AvgIpc) is 3.30. The van der Waals surface area contributed by atoms with E-state index < -0.39 is 0 Å². The van der Waals surface area contributed by atoms with Gasteiger partial charge < -0.3 is 10.2 Å². The molecule has 0 atom stereocenters. The second-order valence-corrected chi connectivity index (χ2v) is 6.84. The largest absolute Gasteiger partial charge is 0.349 e. The smallest absolute Gasteiger partial charge is 0.248 e. The summed E-state index contributed by atoms with van der Waals surface area (Å²) in [5.41, 5.74) is 4.37. The Morgan fingerprint density at radius 2 is 1.93 bits per heavy atom. The van der Waals surface area contributed by atoms with Crippen LogP contribution < -0.4 is 5.32 Å². The van der Waals surface area contributed by atoms with E-state index in [0.29, 0.717) is 25.5 Å². The minimum absolute atomic E-state index is 0.246. The second kappa shape index (κ2) is 7.57. The van der Waals surface area contributed by atoms with E-state index in [9.17, 15) is 4.79 Å². The van der Waals surface area contributed by atoms with E-state index in [1.54, 1.807) is 4.68 Å². The van der Waals surface area contributed by atoms with Crippen LogP contribution >= 0.6 is 0 Å². The average molecular weight is 362 g/mol. The van der Waals surface area contributed by atoms with Crippen molar-refractivity contribution in [3.63, 3.8) is 0 Å². The number of nitrogens with one attached hydrogen (secondary N) is 1. The number of amides is 1. The van der Waals surface area contributed by atoms with Crippen molar-refractivity contribution >= 4 is 11.9 Å². The predicted octanol–water partition coefficient (Wildman–Crippen LogP) is 2.71. The molecule has 27 heavy (non-hydrogen) atoms. The van der Waals surface area contributed by atoms with Gasteiger partial charge in [-0.2, -0.15) is 4.68 Å². The summed E-state index contributed by atoms with van der Waals surface area (Å²) >= 11 is 0. The SMILES string of the molecule is Cc1ccc(-n2nnnc2NCc2cccc(CN3CCCC3=O)c2)cc1. The van der Waals surface area contributed by atoms with Gasteiger partial charge in [0.25, 0.3) is 0 Å². The van der Waals surface area contributed by atoms with Crippen molar-refractivity contribution in [2.45, 2.75) is 32.9 Å². The van der Waals surface area contributed by atoms with Crippen molar-refractivity contribution < 1.29 is 4.79 Å². The molecule has 1 aliphatic rings. The number of aromatic nitrogens is 4. The molecule has 1 fully saturated rings. The van der Waals surface area contributed by atoms with Gasteiger partial charge in [-0.25, -0.2) is 0 Å². The summed E-state index contributed by atoms with van der Waals surface area (Å²) in [4.78, 5) is 13.7. The van der Waals surface area contributed by atoms with Crippen molar-refractivity contribution in [3.05, 3.63) is 65.2 Å². The van der Waals surface area contributed by atoms with E-state index in [1.807, 2.05) is 42.2 Å². The van der Waals surface area contributed by atoms with Crippen LogP contribution in [0.4, 0.5) is 5.95 Å². The van der Waals surface area contributed by atoms with Gasteiger partial charge in [-0.3, -0.25) is 4.79 Å². The Kier molecular flexibility index (Phi) is 4.82. The first-order chi connectivity index (χ1) is 13.2. The molecule has 1 amide bonds. The van der Waals surface area contributed by atoms with E-state index >= 15 is 0 Å². The van der Waals surface area contributed by atoms with Crippen LogP contribution in [0.2, 0.25) is 0 Å². The van der Waals surface area contributed by atoms with E-state index in [0.717, 1.165) is 29.8 Å². The molecule has 1 aliphatic heterocycles. The summed E-state index contributed by atoms with van der Waals surface area (Å²) in [5, 5.41) is 15.2. The predicted molar refractivity (Wildman–Crippen MR) is 102 cm³/mol. The maximum Gasteiger partial charge on any atom is 0.248 e. The fraction of sp³-hybridized carbons (Fsp3) is 0.300. The first kappa shape index (κ1) is 17.2. The summed E-state index contributed by atoms with van der Waals surface area (Å²) < 4.78 is 1.69. The molecule has 0 saturated carbocycles. The number of carbonyl (C=O) groups excluding carboxylic acids is 1. The molecule has 138 valence electrons. The van der Waals surface area contributed by atoms with E-state index in [1.165, 1.54) is 5.56 Å². The van der Waals surface area contributed by atoms with Crippen LogP contribution in [-0.2, 0) is 17.9 Å². The van der Waals surface area contributed by atoms with Crippen LogP contribution in [0.1, 0.15) is 29.5 Å². The van der Waals surface area contributed by atoms with E-state index in [-0.39, 0.29) is 5.91 Å². The number of rotatable bonds is 6. The molecule has 0 aliphatic carbocycles. The van der Waals surface area contributed by atoms with Crippen molar-refractivity contribution in [1.29, 1.82) is 0 Å². The van der Waals surface area contributed by atoms with Crippen LogP contribution in [0.5, 0.6) is 0 Å². The van der Waals surface area contributed by atoms with Gasteiger partial charge in [0.05, 0.1) is 5.69 Å². The number of benzene rings is 2. The van der Waals surface area contributed by atoms with Gasteiger partial charge in [0.1, 0.15) is 0 Å². The fourth-order valence-electron chi connectivity index (χ4n) is 3.27. The Balaban J connectivity index is 1.44. The van der Waals surface area contributed by atoms with Gasteiger partial charge in [0.2, 0.25) is 11.9 Å². The summed E-state index contributed by atoms with van der Waals surface area (Å²) in [6, 6.07) is 16.3. The van der Waals surface area contributed by atoms with Crippen molar-refractivity contribution in [3.8, 4) is 5.69 Å². The molecular formula is C20H22N6O. The molecule has 0 unspecified atom stereocenters. The number of nitrogens with zero attached hydrogens (tertiary/aromatic N) is 5. The van der Waals surface area contributed by atoms with Crippen LogP contribution in [0.3, 0.4) is 0 Å². The van der Waals surface area contributed by atoms with Crippen LogP contribution in [0.15, 0.2) is 48.5 Å². The number of hydrogen-bond donors (Lipinski definition) is 1. The number of hydrogen-bond acceptors (Lipinski definition) is 5. The molecule has 3 aromatic rings. The summed E-state index contributed by atoms with van der Waals surface area (Å²) in [6.45, 7) is 4.18. The third-order valence-corrected chi connectivity index (χ3v) is 4.73. The Morgan fingerprint density at radius 1 is 1.11 bits per heavy atom. The minimum atomic E-state index is 0.246. The Hall–Kier alpha value is -3.22. The lowest BCUT2D eigenvalue weighted by Gasteiger charge is -2.16. The second-order valence-electron chi connectivity index (χ2n) is 6.84. The van der Waals surface area contributed by atoms with Gasteiger partial charge in [-0.15, -0.1) is 0 Å². The summed E-state index contributed by atoms with van der Waals surface area (Å²) in [7, 11) is 0. The first-order valence-electron chi connectivity index (χ1n) is 9.14. The standard InChI is InChI=1S/C20H22N6O/c1-15-7-9-18(10-8-15)26-20(22-23-24-26)21-13-16-4-2-5-17(12-16)14-25-11-3-6-19(25)27/h2,4-5,7-10,12H,3,6,11,13-14H2,1H3,(H,21,22,24). The van der Waals surface area contributed by atoms with Crippen LogP contribution in [0, 0.1) is 6.92 Å². The van der Waals surface area contributed by atoms with Gasteiger partial charge in [-0.1, -0.05) is 47.1 Å². The monoisotopic (exact) mass is 362 g/mol. The topological polar surface area (TPSA) is 75.9 Å². The van der Waals surface area contributed by atoms with Gasteiger partial charge in [0, 0.05) is 26.1 Å². The number of carbonyl (C=O) groups is 1. The highest BCUT2D eigenvalue weighted by Gasteiger charge is 2.19. The molecule has 0 bridgehead atoms. The van der Waals surface area contributed by atoms with Gasteiger partial charge in [0.15, 0.2) is 0 Å². The number of likely N-dealkylation sites (tertiary alicyclic amines) is 1. The Morgan fingerprint density at radius 3 is 2.70 bits per heavy atom. The number of anilines is 1. The fourth-order valence-corrected chi connectivity index (χ4v) is 3.27. The minimum Gasteiger partial charge on any atom is -0.349 e. The Labute approximate surface area is 158 Å².